The molecular weight excluding hydrogens is 260 g/mol. The quantitative estimate of drug-likeness (QED) is 0.846. The fourth-order valence-electron chi connectivity index (χ4n) is 3.47. The zero-order chi connectivity index (χ0) is 13.9. The lowest BCUT2D eigenvalue weighted by Gasteiger charge is -2.24. The third-order valence-corrected chi connectivity index (χ3v) is 4.43. The maximum atomic E-state index is 11.0. The van der Waals surface area contributed by atoms with Crippen LogP contribution in [0.1, 0.15) is 56.6 Å². The van der Waals surface area contributed by atoms with Gasteiger partial charge in [-0.05, 0) is 40.7 Å². The maximum Gasteiger partial charge on any atom is 0.307 e. The van der Waals surface area contributed by atoms with Gasteiger partial charge in [-0.25, -0.2) is 0 Å². The van der Waals surface area contributed by atoms with Gasteiger partial charge in [-0.15, -0.1) is 0 Å². The minimum Gasteiger partial charge on any atom is -0.481 e. The Bertz CT molecular complexity index is 624. The highest BCUT2D eigenvalue weighted by Gasteiger charge is 2.18. The number of carboxylic acids is 1. The summed E-state index contributed by atoms with van der Waals surface area (Å²) in [6.45, 7) is 0. The summed E-state index contributed by atoms with van der Waals surface area (Å²) in [4.78, 5) is 11.0. The van der Waals surface area contributed by atoms with Gasteiger partial charge in [-0.3, -0.25) is 4.79 Å². The van der Waals surface area contributed by atoms with E-state index in [2.05, 4.69) is 24.3 Å². The van der Waals surface area contributed by atoms with Crippen LogP contribution in [0.2, 0.25) is 0 Å². The largest absolute Gasteiger partial charge is 0.481 e. The minimum absolute atomic E-state index is 0. The van der Waals surface area contributed by atoms with E-state index in [1.807, 2.05) is 12.1 Å². The fraction of sp³-hybridized carbons (Fsp3) is 0.421. The number of aliphatic carboxylic acids is 1. The average molecular weight is 284 g/mol. The van der Waals surface area contributed by atoms with E-state index < -0.39 is 5.97 Å². The van der Waals surface area contributed by atoms with Crippen molar-refractivity contribution < 1.29 is 9.90 Å². The van der Waals surface area contributed by atoms with Crippen molar-refractivity contribution in [1.29, 1.82) is 0 Å². The van der Waals surface area contributed by atoms with Crippen LogP contribution in [0, 0.1) is 0 Å². The molecule has 1 aliphatic carbocycles. The van der Waals surface area contributed by atoms with Gasteiger partial charge in [-0.2, -0.15) is 0 Å². The molecular formula is C19H24O2. The molecule has 0 saturated heterocycles. The lowest BCUT2D eigenvalue weighted by atomic mass is 9.81. The molecule has 0 atom stereocenters. The highest BCUT2D eigenvalue weighted by Crippen LogP contribution is 2.37. The monoisotopic (exact) mass is 284 g/mol. The third kappa shape index (κ3) is 3.26. The number of fused-ring (bicyclic) bond motifs is 1. The van der Waals surface area contributed by atoms with Crippen LogP contribution in [0.25, 0.3) is 10.8 Å². The number of rotatable bonds is 3. The highest BCUT2D eigenvalue weighted by molar-refractivity contribution is 5.91. The number of hydrogen-bond acceptors (Lipinski definition) is 1. The van der Waals surface area contributed by atoms with E-state index in [-0.39, 0.29) is 13.8 Å². The summed E-state index contributed by atoms with van der Waals surface area (Å²) < 4.78 is 0. The van der Waals surface area contributed by atoms with Gasteiger partial charge in [0.25, 0.3) is 0 Å². The van der Waals surface area contributed by atoms with Crippen molar-refractivity contribution in [2.24, 2.45) is 0 Å². The van der Waals surface area contributed by atoms with Gasteiger partial charge in [-0.1, -0.05) is 63.1 Å². The van der Waals surface area contributed by atoms with E-state index in [0.29, 0.717) is 5.92 Å². The molecule has 0 radical (unpaired) electrons. The number of carbonyl (C=O) groups is 1. The summed E-state index contributed by atoms with van der Waals surface area (Å²) >= 11 is 0. The molecule has 0 amide bonds. The van der Waals surface area contributed by atoms with Crippen molar-refractivity contribution in [1.82, 2.24) is 0 Å². The standard InChI is InChI=1S/C18H20O2.CH4/c19-18(20)12-14-10-11-16(13-6-2-1-3-7-13)17-9-5-4-8-15(14)17;/h4-5,8-11,13H,1-3,6-7,12H2,(H,19,20);1H4. The normalized spacial score (nSPS) is 15.6. The molecule has 1 fully saturated rings. The number of benzene rings is 2. The topological polar surface area (TPSA) is 37.3 Å². The molecule has 0 heterocycles. The predicted octanol–water partition coefficient (Wildman–Crippen LogP) is 5.15. The highest BCUT2D eigenvalue weighted by atomic mass is 16.4. The van der Waals surface area contributed by atoms with Crippen molar-refractivity contribution in [2.45, 2.75) is 51.9 Å². The molecule has 1 N–H and O–H groups in total. The zero-order valence-corrected chi connectivity index (χ0v) is 11.6. The van der Waals surface area contributed by atoms with E-state index in [1.165, 1.54) is 43.1 Å². The number of carboxylic acid groups (broad SMARTS) is 1. The van der Waals surface area contributed by atoms with Crippen LogP contribution < -0.4 is 0 Å². The van der Waals surface area contributed by atoms with Crippen molar-refractivity contribution in [3.63, 3.8) is 0 Å². The Morgan fingerprint density at radius 2 is 1.67 bits per heavy atom. The van der Waals surface area contributed by atoms with Crippen LogP contribution in [0.5, 0.6) is 0 Å². The molecule has 3 rings (SSSR count). The van der Waals surface area contributed by atoms with Crippen molar-refractivity contribution in [3.8, 4) is 0 Å². The Morgan fingerprint density at radius 1 is 1.00 bits per heavy atom. The minimum atomic E-state index is -0.763. The molecule has 0 unspecified atom stereocenters. The van der Waals surface area contributed by atoms with E-state index in [4.69, 9.17) is 5.11 Å². The van der Waals surface area contributed by atoms with E-state index in [0.717, 1.165) is 10.9 Å². The van der Waals surface area contributed by atoms with Gasteiger partial charge in [0.15, 0.2) is 0 Å². The molecule has 0 spiro atoms. The Kier molecular flexibility index (Phi) is 5.00. The molecule has 112 valence electrons. The first-order chi connectivity index (χ1) is 9.75. The molecule has 0 aliphatic heterocycles. The van der Waals surface area contributed by atoms with Gasteiger partial charge in [0, 0.05) is 0 Å². The number of hydrogen-bond donors (Lipinski definition) is 1. The SMILES string of the molecule is C.O=C(O)Cc1ccc(C2CCCCC2)c2ccccc12. The molecule has 0 bridgehead atoms. The molecule has 0 aromatic heterocycles. The second-order valence-electron chi connectivity index (χ2n) is 5.76. The van der Waals surface area contributed by atoms with Gasteiger partial charge in [0.1, 0.15) is 0 Å². The van der Waals surface area contributed by atoms with E-state index in [9.17, 15) is 4.79 Å². The molecule has 1 saturated carbocycles. The van der Waals surface area contributed by atoms with Crippen LogP contribution in [0.15, 0.2) is 36.4 Å². The van der Waals surface area contributed by atoms with Crippen LogP contribution in [0.4, 0.5) is 0 Å². The zero-order valence-electron chi connectivity index (χ0n) is 11.6. The summed E-state index contributed by atoms with van der Waals surface area (Å²) in [6, 6.07) is 12.4. The summed E-state index contributed by atoms with van der Waals surface area (Å²) in [5.74, 6) is -0.118. The van der Waals surface area contributed by atoms with E-state index >= 15 is 0 Å². The molecule has 2 aromatic rings. The van der Waals surface area contributed by atoms with Crippen molar-refractivity contribution >= 4 is 16.7 Å². The van der Waals surface area contributed by atoms with Crippen LogP contribution >= 0.6 is 0 Å². The predicted molar refractivity (Wildman–Crippen MR) is 87.8 cm³/mol. The molecule has 2 aromatic carbocycles. The lowest BCUT2D eigenvalue weighted by Crippen LogP contribution is -2.06. The van der Waals surface area contributed by atoms with Crippen LogP contribution in [-0.4, -0.2) is 11.1 Å². The second-order valence-corrected chi connectivity index (χ2v) is 5.76. The smallest absolute Gasteiger partial charge is 0.307 e. The van der Waals surface area contributed by atoms with Gasteiger partial charge >= 0.3 is 5.97 Å². The molecule has 21 heavy (non-hydrogen) atoms. The maximum absolute atomic E-state index is 11.0. The Labute approximate surface area is 126 Å². The van der Waals surface area contributed by atoms with Crippen molar-refractivity contribution in [2.75, 3.05) is 0 Å². The van der Waals surface area contributed by atoms with Gasteiger partial charge < -0.3 is 5.11 Å². The van der Waals surface area contributed by atoms with Gasteiger partial charge in [0.05, 0.1) is 6.42 Å². The molecule has 1 aliphatic rings. The summed E-state index contributed by atoms with van der Waals surface area (Å²) in [5, 5.41) is 11.4. The van der Waals surface area contributed by atoms with Gasteiger partial charge in [0.2, 0.25) is 0 Å². The Hall–Kier alpha value is -1.83. The van der Waals surface area contributed by atoms with Crippen molar-refractivity contribution in [3.05, 3.63) is 47.5 Å². The molecule has 2 nitrogen and oxygen atoms in total. The first-order valence-electron chi connectivity index (χ1n) is 7.48. The van der Waals surface area contributed by atoms with E-state index in [1.54, 1.807) is 0 Å². The van der Waals surface area contributed by atoms with Crippen LogP contribution in [0.3, 0.4) is 0 Å². The first kappa shape index (κ1) is 15.6. The summed E-state index contributed by atoms with van der Waals surface area (Å²) in [6.07, 6.45) is 6.62. The average Bonchev–Trinajstić information content (AvgIpc) is 2.48. The third-order valence-electron chi connectivity index (χ3n) is 4.43. The van der Waals surface area contributed by atoms with Crippen LogP contribution in [-0.2, 0) is 11.2 Å². The molecule has 2 heteroatoms. The lowest BCUT2D eigenvalue weighted by molar-refractivity contribution is -0.136. The summed E-state index contributed by atoms with van der Waals surface area (Å²) in [5.41, 5.74) is 2.34. The fourth-order valence-corrected chi connectivity index (χ4v) is 3.47. The first-order valence-corrected chi connectivity index (χ1v) is 7.48. The summed E-state index contributed by atoms with van der Waals surface area (Å²) in [7, 11) is 0. The Morgan fingerprint density at radius 3 is 2.33 bits per heavy atom. The Balaban J connectivity index is 0.00000161. The second kappa shape index (κ2) is 6.75.